The Morgan fingerprint density at radius 1 is 1.50 bits per heavy atom. The smallest absolute Gasteiger partial charge is 0.356 e. The minimum absolute atomic E-state index is 0.199. The first kappa shape index (κ1) is 9.51. The molecule has 0 unspecified atom stereocenters. The summed E-state index contributed by atoms with van der Waals surface area (Å²) in [6, 6.07) is 1.05. The highest BCUT2D eigenvalue weighted by Crippen LogP contribution is 2.35. The average molecular weight is 195 g/mol. The number of thioether (sulfide) groups is 1. The molecule has 5 heteroatoms. The van der Waals surface area contributed by atoms with E-state index in [0.29, 0.717) is 5.75 Å². The molecule has 0 saturated carbocycles. The topological polar surface area (TPSA) is 15.8 Å². The van der Waals surface area contributed by atoms with E-state index in [2.05, 4.69) is 4.98 Å². The van der Waals surface area contributed by atoms with Crippen LogP contribution < -0.4 is 0 Å². The second-order valence-corrected chi connectivity index (χ2v) is 3.43. The predicted octanol–water partition coefficient (Wildman–Crippen LogP) is 3.15. The molecule has 1 aromatic rings. The highest BCUT2D eigenvalue weighted by atomic mass is 32.2. The summed E-state index contributed by atoms with van der Waals surface area (Å²) >= 11 is 1.16. The van der Waals surface area contributed by atoms with Gasteiger partial charge in [-0.25, -0.2) is 0 Å². The Bertz CT molecular complexity index is 253. The molecule has 0 aliphatic carbocycles. The van der Waals surface area contributed by atoms with Crippen molar-refractivity contribution in [3.05, 3.63) is 17.8 Å². The molecule has 1 aromatic heterocycles. The SMILES string of the molecule is CCSc1[nH]ccc1C(F)(F)F. The monoisotopic (exact) mass is 195 g/mol. The Labute approximate surface area is 72.4 Å². The molecule has 12 heavy (non-hydrogen) atoms. The summed E-state index contributed by atoms with van der Waals surface area (Å²) in [5, 5.41) is 0.199. The summed E-state index contributed by atoms with van der Waals surface area (Å²) in [4.78, 5) is 2.56. The Morgan fingerprint density at radius 2 is 2.17 bits per heavy atom. The molecule has 0 aliphatic rings. The lowest BCUT2D eigenvalue weighted by molar-refractivity contribution is -0.139. The molecule has 1 rings (SSSR count). The van der Waals surface area contributed by atoms with E-state index in [1.807, 2.05) is 6.92 Å². The van der Waals surface area contributed by atoms with Crippen LogP contribution in [0.2, 0.25) is 0 Å². The van der Waals surface area contributed by atoms with Gasteiger partial charge in [0.25, 0.3) is 0 Å². The molecule has 0 aromatic carbocycles. The number of alkyl halides is 3. The van der Waals surface area contributed by atoms with Gasteiger partial charge in [-0.2, -0.15) is 13.2 Å². The van der Waals surface area contributed by atoms with Crippen molar-refractivity contribution in [2.45, 2.75) is 18.1 Å². The van der Waals surface area contributed by atoms with Gasteiger partial charge in [0, 0.05) is 6.20 Å². The molecule has 0 amide bonds. The molecule has 1 N–H and O–H groups in total. The van der Waals surface area contributed by atoms with E-state index in [4.69, 9.17) is 0 Å². The third kappa shape index (κ3) is 1.97. The molecule has 1 heterocycles. The van der Waals surface area contributed by atoms with Crippen molar-refractivity contribution in [2.75, 3.05) is 5.75 Å². The lowest BCUT2D eigenvalue weighted by atomic mass is 10.3. The quantitative estimate of drug-likeness (QED) is 0.717. The predicted molar refractivity (Wildman–Crippen MR) is 42.2 cm³/mol. The van der Waals surface area contributed by atoms with Gasteiger partial charge in [0.15, 0.2) is 0 Å². The van der Waals surface area contributed by atoms with E-state index in [-0.39, 0.29) is 5.03 Å². The molecule has 0 atom stereocenters. The zero-order valence-corrected chi connectivity index (χ0v) is 7.22. The number of aromatic amines is 1. The van der Waals surface area contributed by atoms with Gasteiger partial charge in [-0.3, -0.25) is 0 Å². The van der Waals surface area contributed by atoms with Crippen molar-refractivity contribution in [1.82, 2.24) is 4.98 Å². The van der Waals surface area contributed by atoms with Crippen molar-refractivity contribution in [2.24, 2.45) is 0 Å². The minimum Gasteiger partial charge on any atom is -0.356 e. The van der Waals surface area contributed by atoms with E-state index in [1.165, 1.54) is 6.20 Å². The summed E-state index contributed by atoms with van der Waals surface area (Å²) in [5.74, 6) is 0.629. The summed E-state index contributed by atoms with van der Waals surface area (Å²) < 4.78 is 36.5. The minimum atomic E-state index is -4.24. The van der Waals surface area contributed by atoms with Crippen LogP contribution in [-0.4, -0.2) is 10.7 Å². The highest BCUT2D eigenvalue weighted by Gasteiger charge is 2.33. The van der Waals surface area contributed by atoms with Gasteiger partial charge in [0.05, 0.1) is 10.6 Å². The maximum Gasteiger partial charge on any atom is 0.418 e. The highest BCUT2D eigenvalue weighted by molar-refractivity contribution is 7.99. The Balaban J connectivity index is 2.91. The van der Waals surface area contributed by atoms with Gasteiger partial charge >= 0.3 is 6.18 Å². The van der Waals surface area contributed by atoms with Gasteiger partial charge in [0.1, 0.15) is 0 Å². The third-order valence-corrected chi connectivity index (χ3v) is 2.22. The van der Waals surface area contributed by atoms with Crippen molar-refractivity contribution < 1.29 is 13.2 Å². The molecule has 0 radical (unpaired) electrons. The number of nitrogens with one attached hydrogen (secondary N) is 1. The number of hydrogen-bond donors (Lipinski definition) is 1. The second-order valence-electron chi connectivity index (χ2n) is 2.15. The van der Waals surface area contributed by atoms with Crippen LogP contribution in [0.5, 0.6) is 0 Å². The zero-order chi connectivity index (χ0) is 9.19. The first-order chi connectivity index (χ1) is 5.55. The number of H-pyrrole nitrogens is 1. The Hall–Kier alpha value is -0.580. The largest absolute Gasteiger partial charge is 0.418 e. The fraction of sp³-hybridized carbons (Fsp3) is 0.429. The fourth-order valence-electron chi connectivity index (χ4n) is 0.841. The number of hydrogen-bond acceptors (Lipinski definition) is 1. The van der Waals surface area contributed by atoms with Crippen molar-refractivity contribution >= 4 is 11.8 Å². The normalized spacial score (nSPS) is 12.0. The summed E-state index contributed by atoms with van der Waals surface area (Å²) in [6.07, 6.45) is -2.93. The molecular formula is C7H8F3NS. The molecule has 0 bridgehead atoms. The van der Waals surface area contributed by atoms with E-state index in [9.17, 15) is 13.2 Å². The first-order valence-electron chi connectivity index (χ1n) is 3.43. The van der Waals surface area contributed by atoms with Crippen molar-refractivity contribution in [1.29, 1.82) is 0 Å². The van der Waals surface area contributed by atoms with E-state index >= 15 is 0 Å². The van der Waals surface area contributed by atoms with Crippen LogP contribution in [-0.2, 0) is 6.18 Å². The molecule has 0 saturated heterocycles. The van der Waals surface area contributed by atoms with E-state index < -0.39 is 11.7 Å². The number of aromatic nitrogens is 1. The maximum absolute atomic E-state index is 12.2. The summed E-state index contributed by atoms with van der Waals surface area (Å²) in [6.45, 7) is 1.81. The van der Waals surface area contributed by atoms with Crippen LogP contribution in [0.1, 0.15) is 12.5 Å². The van der Waals surface area contributed by atoms with Crippen LogP contribution in [0.25, 0.3) is 0 Å². The Morgan fingerprint density at radius 3 is 2.67 bits per heavy atom. The molecule has 0 fully saturated rings. The van der Waals surface area contributed by atoms with E-state index in [1.54, 1.807) is 0 Å². The second kappa shape index (κ2) is 3.43. The van der Waals surface area contributed by atoms with Crippen molar-refractivity contribution in [3.8, 4) is 0 Å². The summed E-state index contributed by atoms with van der Waals surface area (Å²) in [5.41, 5.74) is -0.575. The number of rotatable bonds is 2. The Kier molecular flexibility index (Phi) is 2.72. The van der Waals surface area contributed by atoms with Crippen LogP contribution >= 0.6 is 11.8 Å². The molecule has 68 valence electrons. The fourth-order valence-corrected chi connectivity index (χ4v) is 1.62. The van der Waals surface area contributed by atoms with Crippen LogP contribution in [0, 0.1) is 0 Å². The van der Waals surface area contributed by atoms with Crippen molar-refractivity contribution in [3.63, 3.8) is 0 Å². The van der Waals surface area contributed by atoms with Crippen LogP contribution in [0.4, 0.5) is 13.2 Å². The zero-order valence-electron chi connectivity index (χ0n) is 6.40. The average Bonchev–Trinajstić information content (AvgIpc) is 2.34. The first-order valence-corrected chi connectivity index (χ1v) is 4.41. The van der Waals surface area contributed by atoms with Crippen LogP contribution in [0.15, 0.2) is 17.3 Å². The third-order valence-electron chi connectivity index (χ3n) is 1.30. The lowest BCUT2D eigenvalue weighted by Crippen LogP contribution is -2.04. The maximum atomic E-state index is 12.2. The van der Waals surface area contributed by atoms with Gasteiger partial charge in [-0.15, -0.1) is 11.8 Å². The summed E-state index contributed by atoms with van der Waals surface area (Å²) in [7, 11) is 0. The van der Waals surface area contributed by atoms with Gasteiger partial charge in [0.2, 0.25) is 0 Å². The molecule has 1 nitrogen and oxygen atoms in total. The van der Waals surface area contributed by atoms with Gasteiger partial charge < -0.3 is 4.98 Å². The lowest BCUT2D eigenvalue weighted by Gasteiger charge is -2.05. The molecular weight excluding hydrogens is 187 g/mol. The molecule has 0 spiro atoms. The van der Waals surface area contributed by atoms with Gasteiger partial charge in [-0.05, 0) is 11.8 Å². The van der Waals surface area contributed by atoms with Gasteiger partial charge in [-0.1, -0.05) is 6.92 Å². The number of halogens is 3. The van der Waals surface area contributed by atoms with E-state index in [0.717, 1.165) is 17.8 Å². The van der Waals surface area contributed by atoms with Crippen LogP contribution in [0.3, 0.4) is 0 Å². The standard InChI is InChI=1S/C7H8F3NS/c1-2-12-6-5(3-4-11-6)7(8,9)10/h3-4,11H,2H2,1H3. The molecule has 0 aliphatic heterocycles.